The summed E-state index contributed by atoms with van der Waals surface area (Å²) < 4.78 is 11.5. The number of hydrogen-bond donors (Lipinski definition) is 2. The van der Waals surface area contributed by atoms with Gasteiger partial charge in [0.15, 0.2) is 11.5 Å². The van der Waals surface area contributed by atoms with Gasteiger partial charge in [-0.05, 0) is 24.5 Å². The van der Waals surface area contributed by atoms with Gasteiger partial charge in [0.1, 0.15) is 6.04 Å². The fourth-order valence-corrected chi connectivity index (χ4v) is 2.55. The Morgan fingerprint density at radius 1 is 1.33 bits per heavy atom. The summed E-state index contributed by atoms with van der Waals surface area (Å²) in [5.74, 6) is 0.678. The minimum Gasteiger partial charge on any atom is -0.493 e. The molecule has 0 aliphatic rings. The Hall–Kier alpha value is -1.27. The van der Waals surface area contributed by atoms with E-state index in [-0.39, 0.29) is 0 Å². The summed E-state index contributed by atoms with van der Waals surface area (Å²) in [4.78, 5) is 11.3. The van der Waals surface area contributed by atoms with Crippen LogP contribution in [0, 0.1) is 5.92 Å². The number of rotatable bonds is 8. The van der Waals surface area contributed by atoms with E-state index >= 15 is 0 Å². The van der Waals surface area contributed by atoms with Crippen molar-refractivity contribution in [2.75, 3.05) is 14.2 Å². The first-order valence-electron chi connectivity index (χ1n) is 6.76. The van der Waals surface area contributed by atoms with Gasteiger partial charge in [-0.2, -0.15) is 0 Å². The molecule has 0 aromatic heterocycles. The van der Waals surface area contributed by atoms with Crippen LogP contribution in [0.3, 0.4) is 0 Å². The van der Waals surface area contributed by atoms with Crippen LogP contribution < -0.4 is 14.8 Å². The first-order chi connectivity index (χ1) is 9.90. The van der Waals surface area contributed by atoms with Crippen molar-refractivity contribution in [2.45, 2.75) is 32.9 Å². The van der Waals surface area contributed by atoms with Gasteiger partial charge in [0, 0.05) is 16.6 Å². The molecule has 0 fully saturated rings. The number of aliphatic carboxylic acids is 1. The molecule has 118 valence electrons. The molecule has 21 heavy (non-hydrogen) atoms. The highest BCUT2D eigenvalue weighted by Gasteiger charge is 2.20. The Morgan fingerprint density at radius 2 is 2.00 bits per heavy atom. The fourth-order valence-electron chi connectivity index (χ4n) is 2.10. The molecule has 1 atom stereocenters. The molecule has 1 rings (SSSR count). The summed E-state index contributed by atoms with van der Waals surface area (Å²) >= 11 is 3.47. The lowest BCUT2D eigenvalue weighted by Gasteiger charge is -2.19. The number of carboxylic acid groups (broad SMARTS) is 1. The maximum Gasteiger partial charge on any atom is 0.320 e. The lowest BCUT2D eigenvalue weighted by atomic mass is 10.0. The highest BCUT2D eigenvalue weighted by atomic mass is 79.9. The lowest BCUT2D eigenvalue weighted by Crippen LogP contribution is -2.37. The van der Waals surface area contributed by atoms with Crippen molar-refractivity contribution in [3.05, 3.63) is 22.2 Å². The summed E-state index contributed by atoms with van der Waals surface area (Å²) in [5, 5.41) is 12.3. The highest BCUT2D eigenvalue weighted by Crippen LogP contribution is 2.35. The molecule has 0 aliphatic carbocycles. The van der Waals surface area contributed by atoms with Crippen LogP contribution in [-0.2, 0) is 11.3 Å². The molecule has 1 aromatic rings. The number of hydrogen-bond acceptors (Lipinski definition) is 4. The van der Waals surface area contributed by atoms with Crippen LogP contribution in [0.15, 0.2) is 16.6 Å². The predicted octanol–water partition coefficient (Wildman–Crippen LogP) is 3.06. The predicted molar refractivity (Wildman–Crippen MR) is 85.0 cm³/mol. The van der Waals surface area contributed by atoms with Crippen LogP contribution in [0.2, 0.25) is 0 Å². The van der Waals surface area contributed by atoms with Crippen LogP contribution in [0.4, 0.5) is 0 Å². The normalized spacial score (nSPS) is 12.3. The maximum absolute atomic E-state index is 11.3. The fraction of sp³-hybridized carbons (Fsp3) is 0.533. The highest BCUT2D eigenvalue weighted by molar-refractivity contribution is 9.10. The van der Waals surface area contributed by atoms with E-state index in [9.17, 15) is 9.90 Å². The van der Waals surface area contributed by atoms with Gasteiger partial charge in [0.25, 0.3) is 0 Å². The molecule has 0 heterocycles. The average Bonchev–Trinajstić information content (AvgIpc) is 2.43. The molecule has 1 aromatic carbocycles. The number of halogens is 1. The third kappa shape index (κ3) is 4.89. The number of nitrogens with one attached hydrogen (secondary N) is 1. The van der Waals surface area contributed by atoms with Crippen molar-refractivity contribution in [1.29, 1.82) is 0 Å². The molecule has 1 unspecified atom stereocenters. The van der Waals surface area contributed by atoms with Gasteiger partial charge in [-0.1, -0.05) is 29.8 Å². The molecule has 0 amide bonds. The van der Waals surface area contributed by atoms with Crippen molar-refractivity contribution < 1.29 is 19.4 Å². The summed E-state index contributed by atoms with van der Waals surface area (Å²) in [6.07, 6.45) is 0.569. The van der Waals surface area contributed by atoms with Crippen molar-refractivity contribution in [3.63, 3.8) is 0 Å². The molecule has 5 nitrogen and oxygen atoms in total. The average molecular weight is 360 g/mol. The number of methoxy groups -OCH3 is 2. The van der Waals surface area contributed by atoms with Crippen molar-refractivity contribution in [2.24, 2.45) is 5.92 Å². The number of benzene rings is 1. The van der Waals surface area contributed by atoms with E-state index in [0.717, 1.165) is 10.0 Å². The SMILES string of the molecule is COc1ccc(Br)c(CNC(CC(C)C)C(=O)O)c1OC. The Kier molecular flexibility index (Phi) is 6.98. The monoisotopic (exact) mass is 359 g/mol. The third-order valence-electron chi connectivity index (χ3n) is 3.12. The van der Waals surface area contributed by atoms with Gasteiger partial charge >= 0.3 is 5.97 Å². The smallest absolute Gasteiger partial charge is 0.320 e. The topological polar surface area (TPSA) is 67.8 Å². The minimum absolute atomic E-state index is 0.300. The molecular weight excluding hydrogens is 338 g/mol. The maximum atomic E-state index is 11.3. The van der Waals surface area contributed by atoms with Gasteiger partial charge in [0.2, 0.25) is 0 Å². The molecule has 2 N–H and O–H groups in total. The van der Waals surface area contributed by atoms with E-state index in [1.54, 1.807) is 20.3 Å². The first-order valence-corrected chi connectivity index (χ1v) is 7.55. The van der Waals surface area contributed by atoms with E-state index < -0.39 is 12.0 Å². The quantitative estimate of drug-likeness (QED) is 0.746. The van der Waals surface area contributed by atoms with Crippen LogP contribution in [0.25, 0.3) is 0 Å². The van der Waals surface area contributed by atoms with E-state index in [0.29, 0.717) is 30.4 Å². The molecule has 0 saturated heterocycles. The Balaban J connectivity index is 2.93. The molecule has 0 bridgehead atoms. The molecule has 0 aliphatic heterocycles. The van der Waals surface area contributed by atoms with Gasteiger partial charge in [-0.25, -0.2) is 0 Å². The van der Waals surface area contributed by atoms with Gasteiger partial charge in [-0.3, -0.25) is 4.79 Å². The van der Waals surface area contributed by atoms with Crippen molar-refractivity contribution in [3.8, 4) is 11.5 Å². The second-order valence-electron chi connectivity index (χ2n) is 5.16. The van der Waals surface area contributed by atoms with E-state index in [2.05, 4.69) is 21.2 Å². The first kappa shape index (κ1) is 17.8. The van der Waals surface area contributed by atoms with Gasteiger partial charge in [0.05, 0.1) is 14.2 Å². The summed E-state index contributed by atoms with van der Waals surface area (Å²) in [6, 6.07) is 3.07. The van der Waals surface area contributed by atoms with Crippen molar-refractivity contribution in [1.82, 2.24) is 5.32 Å². The molecule has 0 spiro atoms. The van der Waals surface area contributed by atoms with Crippen LogP contribution in [-0.4, -0.2) is 31.3 Å². The number of carbonyl (C=O) groups is 1. The van der Waals surface area contributed by atoms with E-state index in [4.69, 9.17) is 9.47 Å². The molecular formula is C15H22BrNO4. The zero-order valence-electron chi connectivity index (χ0n) is 12.8. The van der Waals surface area contributed by atoms with Gasteiger partial charge < -0.3 is 19.9 Å². The number of ether oxygens (including phenoxy) is 2. The summed E-state index contributed by atoms with van der Waals surface area (Å²) in [5.41, 5.74) is 0.840. The minimum atomic E-state index is -0.846. The molecule has 0 saturated carbocycles. The lowest BCUT2D eigenvalue weighted by molar-refractivity contribution is -0.140. The third-order valence-corrected chi connectivity index (χ3v) is 3.86. The summed E-state index contributed by atoms with van der Waals surface area (Å²) in [6.45, 7) is 4.38. The Morgan fingerprint density at radius 3 is 2.48 bits per heavy atom. The van der Waals surface area contributed by atoms with Crippen LogP contribution in [0.1, 0.15) is 25.8 Å². The zero-order chi connectivity index (χ0) is 16.0. The van der Waals surface area contributed by atoms with Crippen LogP contribution >= 0.6 is 15.9 Å². The number of carboxylic acids is 1. The van der Waals surface area contributed by atoms with E-state index in [1.807, 2.05) is 19.9 Å². The Labute approximate surface area is 133 Å². The largest absolute Gasteiger partial charge is 0.493 e. The van der Waals surface area contributed by atoms with Crippen molar-refractivity contribution >= 4 is 21.9 Å². The Bertz CT molecular complexity index is 491. The summed E-state index contributed by atoms with van der Waals surface area (Å²) in [7, 11) is 3.14. The second kappa shape index (κ2) is 8.24. The molecule has 0 radical (unpaired) electrons. The second-order valence-corrected chi connectivity index (χ2v) is 6.02. The standard InChI is InChI=1S/C15H22BrNO4/c1-9(2)7-12(15(18)19)17-8-10-11(16)5-6-13(20-3)14(10)21-4/h5-6,9,12,17H,7-8H2,1-4H3,(H,18,19). The van der Waals surface area contributed by atoms with Crippen LogP contribution in [0.5, 0.6) is 11.5 Å². The van der Waals surface area contributed by atoms with Gasteiger partial charge in [-0.15, -0.1) is 0 Å². The zero-order valence-corrected chi connectivity index (χ0v) is 14.4. The van der Waals surface area contributed by atoms with E-state index in [1.165, 1.54) is 0 Å². The molecule has 6 heteroatoms.